The van der Waals surface area contributed by atoms with Crippen LogP contribution in [-0.4, -0.2) is 49.7 Å². The number of aromatic nitrogens is 2. The van der Waals surface area contributed by atoms with Crippen LogP contribution in [0.1, 0.15) is 13.8 Å². The quantitative estimate of drug-likeness (QED) is 0.727. The van der Waals surface area contributed by atoms with Gasteiger partial charge in [0, 0.05) is 26.3 Å². The summed E-state index contributed by atoms with van der Waals surface area (Å²) in [6.45, 7) is 4.18. The second-order valence-corrected chi connectivity index (χ2v) is 4.41. The standard InChI is InChI=1S/C12H20N4O2/c1-9(2)16(8-11(17)18-5)10-6-7-13-12(14-10)15(3)4/h6-7,9H,8H2,1-5H3. The average Bonchev–Trinajstić information content (AvgIpc) is 2.35. The number of hydrogen-bond donors (Lipinski definition) is 0. The van der Waals surface area contributed by atoms with Crippen molar-refractivity contribution in [3.8, 4) is 0 Å². The molecule has 0 aliphatic heterocycles. The molecule has 0 aliphatic carbocycles. The smallest absolute Gasteiger partial charge is 0.325 e. The molecular formula is C12H20N4O2. The van der Waals surface area contributed by atoms with E-state index in [4.69, 9.17) is 4.74 Å². The van der Waals surface area contributed by atoms with Crippen molar-refractivity contribution in [3.63, 3.8) is 0 Å². The molecule has 6 heteroatoms. The fourth-order valence-corrected chi connectivity index (χ4v) is 1.45. The molecule has 0 fully saturated rings. The lowest BCUT2D eigenvalue weighted by molar-refractivity contribution is -0.139. The normalized spacial score (nSPS) is 10.3. The first kappa shape index (κ1) is 14.2. The van der Waals surface area contributed by atoms with Crippen molar-refractivity contribution in [2.75, 3.05) is 37.5 Å². The highest BCUT2D eigenvalue weighted by molar-refractivity contribution is 5.75. The zero-order chi connectivity index (χ0) is 13.7. The lowest BCUT2D eigenvalue weighted by atomic mass is 10.3. The van der Waals surface area contributed by atoms with Crippen LogP contribution in [0.2, 0.25) is 0 Å². The number of ether oxygens (including phenoxy) is 1. The minimum Gasteiger partial charge on any atom is -0.468 e. The van der Waals surface area contributed by atoms with Crippen LogP contribution in [0.3, 0.4) is 0 Å². The van der Waals surface area contributed by atoms with E-state index in [2.05, 4.69) is 9.97 Å². The van der Waals surface area contributed by atoms with Gasteiger partial charge in [0.05, 0.1) is 7.11 Å². The predicted octanol–water partition coefficient (Wildman–Crippen LogP) is 0.930. The van der Waals surface area contributed by atoms with E-state index in [1.807, 2.05) is 37.7 Å². The first-order valence-corrected chi connectivity index (χ1v) is 5.79. The van der Waals surface area contributed by atoms with E-state index in [0.717, 1.165) is 0 Å². The molecule has 100 valence electrons. The Labute approximate surface area is 108 Å². The molecule has 1 rings (SSSR count). The van der Waals surface area contributed by atoms with Gasteiger partial charge in [-0.25, -0.2) is 4.98 Å². The summed E-state index contributed by atoms with van der Waals surface area (Å²) in [5.41, 5.74) is 0. The SMILES string of the molecule is COC(=O)CN(c1ccnc(N(C)C)n1)C(C)C. The van der Waals surface area contributed by atoms with Crippen molar-refractivity contribution in [2.45, 2.75) is 19.9 Å². The van der Waals surface area contributed by atoms with E-state index in [-0.39, 0.29) is 18.6 Å². The van der Waals surface area contributed by atoms with Crippen LogP contribution in [0.25, 0.3) is 0 Å². The van der Waals surface area contributed by atoms with Gasteiger partial charge < -0.3 is 14.5 Å². The molecule has 0 radical (unpaired) electrons. The van der Waals surface area contributed by atoms with E-state index >= 15 is 0 Å². The van der Waals surface area contributed by atoms with Crippen LogP contribution in [0.15, 0.2) is 12.3 Å². The van der Waals surface area contributed by atoms with E-state index in [9.17, 15) is 4.79 Å². The molecule has 0 aromatic carbocycles. The van der Waals surface area contributed by atoms with Crippen LogP contribution < -0.4 is 9.80 Å². The molecule has 1 aromatic heterocycles. The van der Waals surface area contributed by atoms with Gasteiger partial charge in [-0.05, 0) is 19.9 Å². The topological polar surface area (TPSA) is 58.6 Å². The van der Waals surface area contributed by atoms with E-state index < -0.39 is 0 Å². The molecule has 0 spiro atoms. The monoisotopic (exact) mass is 252 g/mol. The number of esters is 1. The van der Waals surface area contributed by atoms with Crippen LogP contribution >= 0.6 is 0 Å². The lowest BCUT2D eigenvalue weighted by Crippen LogP contribution is -2.37. The molecule has 0 aliphatic rings. The fraction of sp³-hybridized carbons (Fsp3) is 0.583. The molecule has 0 saturated carbocycles. The number of carbonyl (C=O) groups is 1. The summed E-state index contributed by atoms with van der Waals surface area (Å²) in [4.78, 5) is 23.7. The van der Waals surface area contributed by atoms with Crippen LogP contribution in [0.5, 0.6) is 0 Å². The second-order valence-electron chi connectivity index (χ2n) is 4.41. The summed E-state index contributed by atoms with van der Waals surface area (Å²) < 4.78 is 4.70. The summed E-state index contributed by atoms with van der Waals surface area (Å²) >= 11 is 0. The summed E-state index contributed by atoms with van der Waals surface area (Å²) in [6, 6.07) is 1.93. The Bertz CT molecular complexity index is 407. The Kier molecular flexibility index (Phi) is 4.88. The molecule has 0 atom stereocenters. The van der Waals surface area contributed by atoms with Gasteiger partial charge in [0.25, 0.3) is 0 Å². The Morgan fingerprint density at radius 3 is 2.61 bits per heavy atom. The summed E-state index contributed by atoms with van der Waals surface area (Å²) in [7, 11) is 5.13. The number of nitrogens with zero attached hydrogens (tertiary/aromatic N) is 4. The van der Waals surface area contributed by atoms with Crippen molar-refractivity contribution in [1.82, 2.24) is 9.97 Å². The summed E-state index contributed by atoms with van der Waals surface area (Å²) in [5.74, 6) is 1.05. The van der Waals surface area contributed by atoms with Crippen molar-refractivity contribution in [2.24, 2.45) is 0 Å². The molecule has 1 heterocycles. The maximum atomic E-state index is 11.4. The zero-order valence-electron chi connectivity index (χ0n) is 11.5. The molecule has 0 unspecified atom stereocenters. The maximum absolute atomic E-state index is 11.4. The number of carbonyl (C=O) groups excluding carboxylic acids is 1. The van der Waals surface area contributed by atoms with Crippen molar-refractivity contribution < 1.29 is 9.53 Å². The molecule has 6 nitrogen and oxygen atoms in total. The molecule has 0 bridgehead atoms. The number of anilines is 2. The minimum absolute atomic E-state index is 0.147. The highest BCUT2D eigenvalue weighted by Gasteiger charge is 2.17. The highest BCUT2D eigenvalue weighted by Crippen LogP contribution is 2.16. The van der Waals surface area contributed by atoms with Gasteiger partial charge in [0.1, 0.15) is 12.4 Å². The third kappa shape index (κ3) is 3.58. The Morgan fingerprint density at radius 2 is 2.11 bits per heavy atom. The number of rotatable bonds is 5. The van der Waals surface area contributed by atoms with E-state index in [0.29, 0.717) is 11.8 Å². The van der Waals surface area contributed by atoms with Crippen molar-refractivity contribution >= 4 is 17.7 Å². The number of hydrogen-bond acceptors (Lipinski definition) is 6. The van der Waals surface area contributed by atoms with Gasteiger partial charge in [-0.3, -0.25) is 4.79 Å². The fourth-order valence-electron chi connectivity index (χ4n) is 1.45. The molecule has 18 heavy (non-hydrogen) atoms. The summed E-state index contributed by atoms with van der Waals surface area (Å²) in [6.07, 6.45) is 1.68. The predicted molar refractivity (Wildman–Crippen MR) is 70.9 cm³/mol. The third-order valence-electron chi connectivity index (χ3n) is 2.47. The van der Waals surface area contributed by atoms with Gasteiger partial charge in [-0.15, -0.1) is 0 Å². The Balaban J connectivity index is 2.98. The van der Waals surface area contributed by atoms with Crippen molar-refractivity contribution in [3.05, 3.63) is 12.3 Å². The van der Waals surface area contributed by atoms with Gasteiger partial charge in [0.2, 0.25) is 5.95 Å². The Morgan fingerprint density at radius 1 is 1.44 bits per heavy atom. The van der Waals surface area contributed by atoms with E-state index in [1.165, 1.54) is 7.11 Å². The van der Waals surface area contributed by atoms with Crippen LogP contribution in [-0.2, 0) is 9.53 Å². The van der Waals surface area contributed by atoms with Gasteiger partial charge in [0.15, 0.2) is 0 Å². The van der Waals surface area contributed by atoms with E-state index in [1.54, 1.807) is 12.3 Å². The Hall–Kier alpha value is -1.85. The molecule has 0 saturated heterocycles. The van der Waals surface area contributed by atoms with Gasteiger partial charge in [-0.1, -0.05) is 0 Å². The zero-order valence-corrected chi connectivity index (χ0v) is 11.5. The lowest BCUT2D eigenvalue weighted by Gasteiger charge is -2.27. The van der Waals surface area contributed by atoms with Crippen LogP contribution in [0.4, 0.5) is 11.8 Å². The highest BCUT2D eigenvalue weighted by atomic mass is 16.5. The molecular weight excluding hydrogens is 232 g/mol. The third-order valence-corrected chi connectivity index (χ3v) is 2.47. The first-order valence-electron chi connectivity index (χ1n) is 5.79. The second kappa shape index (κ2) is 6.18. The number of methoxy groups -OCH3 is 1. The van der Waals surface area contributed by atoms with Gasteiger partial charge >= 0.3 is 5.97 Å². The molecule has 0 amide bonds. The molecule has 0 N–H and O–H groups in total. The van der Waals surface area contributed by atoms with Gasteiger partial charge in [-0.2, -0.15) is 4.98 Å². The van der Waals surface area contributed by atoms with Crippen molar-refractivity contribution in [1.29, 1.82) is 0 Å². The summed E-state index contributed by atoms with van der Waals surface area (Å²) in [5, 5.41) is 0. The van der Waals surface area contributed by atoms with Crippen LogP contribution in [0, 0.1) is 0 Å². The minimum atomic E-state index is -0.284. The largest absolute Gasteiger partial charge is 0.468 e. The molecule has 1 aromatic rings. The first-order chi connectivity index (χ1) is 8.45. The maximum Gasteiger partial charge on any atom is 0.325 e. The average molecular weight is 252 g/mol.